The Morgan fingerprint density at radius 2 is 1.85 bits per heavy atom. The van der Waals surface area contributed by atoms with Gasteiger partial charge in [-0.2, -0.15) is 13.2 Å². The zero-order valence-corrected chi connectivity index (χ0v) is 15.9. The van der Waals surface area contributed by atoms with E-state index in [1.54, 1.807) is 30.5 Å². The van der Waals surface area contributed by atoms with Gasteiger partial charge in [-0.05, 0) is 36.9 Å². The number of pyridine rings is 1. The van der Waals surface area contributed by atoms with E-state index in [1.165, 1.54) is 0 Å². The molecule has 0 amide bonds. The van der Waals surface area contributed by atoms with Gasteiger partial charge >= 0.3 is 6.18 Å². The van der Waals surface area contributed by atoms with Crippen LogP contribution in [-0.4, -0.2) is 48.0 Å². The predicted molar refractivity (Wildman–Crippen MR) is 99.4 cm³/mol. The number of halogens is 4. The first kappa shape index (κ1) is 19.1. The van der Waals surface area contributed by atoms with Crippen LogP contribution >= 0.6 is 15.9 Å². The monoisotopic (exact) mass is 428 g/mol. The third-order valence-electron chi connectivity index (χ3n) is 4.40. The second-order valence-electron chi connectivity index (χ2n) is 6.43. The molecule has 8 heteroatoms. The van der Waals surface area contributed by atoms with Crippen molar-refractivity contribution in [3.05, 3.63) is 52.1 Å². The molecule has 0 spiro atoms. The van der Waals surface area contributed by atoms with Crippen molar-refractivity contribution in [3.63, 3.8) is 0 Å². The number of piperazine rings is 1. The molecule has 26 heavy (non-hydrogen) atoms. The molecule has 2 aromatic rings. The maximum Gasteiger partial charge on any atom is 0.416 e. The molecule has 1 aliphatic heterocycles. The number of anilines is 2. The van der Waals surface area contributed by atoms with Crippen LogP contribution in [0, 0.1) is 0 Å². The molecular formula is C18H20BrF3N4. The van der Waals surface area contributed by atoms with Gasteiger partial charge in [0.2, 0.25) is 0 Å². The molecule has 0 bridgehead atoms. The standard InChI is InChI=1S/C18H20BrF3N4/c1-25-6-8-26(9-7-25)12-13-2-3-15(11-16(13)18(20,21)22)24-17-10-14(19)4-5-23-17/h2-5,10-11H,6-9,12H2,1H3,(H,23,24). The second-order valence-corrected chi connectivity index (χ2v) is 7.35. The molecule has 0 saturated carbocycles. The summed E-state index contributed by atoms with van der Waals surface area (Å²) in [5, 5.41) is 2.93. The van der Waals surface area contributed by atoms with Gasteiger partial charge in [0, 0.05) is 49.1 Å². The average Bonchev–Trinajstić information content (AvgIpc) is 2.57. The molecular weight excluding hydrogens is 409 g/mol. The summed E-state index contributed by atoms with van der Waals surface area (Å²) in [7, 11) is 2.02. The molecule has 4 nitrogen and oxygen atoms in total. The highest BCUT2D eigenvalue weighted by molar-refractivity contribution is 9.10. The van der Waals surface area contributed by atoms with E-state index < -0.39 is 11.7 Å². The van der Waals surface area contributed by atoms with E-state index in [1.807, 2.05) is 7.05 Å². The van der Waals surface area contributed by atoms with Crippen molar-refractivity contribution in [1.82, 2.24) is 14.8 Å². The summed E-state index contributed by atoms with van der Waals surface area (Å²) in [4.78, 5) is 8.36. The average molecular weight is 429 g/mol. The molecule has 1 aromatic heterocycles. The highest BCUT2D eigenvalue weighted by atomic mass is 79.9. The molecule has 1 aromatic carbocycles. The maximum atomic E-state index is 13.6. The van der Waals surface area contributed by atoms with E-state index >= 15 is 0 Å². The summed E-state index contributed by atoms with van der Waals surface area (Å²) in [5.74, 6) is 0.485. The third-order valence-corrected chi connectivity index (χ3v) is 4.89. The van der Waals surface area contributed by atoms with Gasteiger partial charge in [-0.1, -0.05) is 22.0 Å². The first-order chi connectivity index (χ1) is 12.3. The van der Waals surface area contributed by atoms with E-state index in [0.717, 1.165) is 36.7 Å². The Labute approximate surface area is 159 Å². The lowest BCUT2D eigenvalue weighted by Crippen LogP contribution is -2.44. The van der Waals surface area contributed by atoms with Crippen molar-refractivity contribution in [1.29, 1.82) is 0 Å². The predicted octanol–water partition coefficient (Wildman–Crippen LogP) is 4.35. The van der Waals surface area contributed by atoms with Crippen LogP contribution in [-0.2, 0) is 12.7 Å². The largest absolute Gasteiger partial charge is 0.416 e. The molecule has 1 N–H and O–H groups in total. The first-order valence-corrected chi connectivity index (χ1v) is 9.10. The van der Waals surface area contributed by atoms with E-state index in [0.29, 0.717) is 23.6 Å². The van der Waals surface area contributed by atoms with Crippen molar-refractivity contribution >= 4 is 27.4 Å². The molecule has 0 radical (unpaired) electrons. The summed E-state index contributed by atoms with van der Waals surface area (Å²) >= 11 is 3.32. The van der Waals surface area contributed by atoms with Crippen molar-refractivity contribution in [2.75, 3.05) is 38.5 Å². The summed E-state index contributed by atoms with van der Waals surface area (Å²) < 4.78 is 41.5. The lowest BCUT2D eigenvalue weighted by atomic mass is 10.0. The third kappa shape index (κ3) is 4.96. The van der Waals surface area contributed by atoms with Gasteiger partial charge in [0.1, 0.15) is 5.82 Å². The van der Waals surface area contributed by atoms with Gasteiger partial charge in [0.15, 0.2) is 0 Å². The number of rotatable bonds is 4. The van der Waals surface area contributed by atoms with Crippen LogP contribution in [0.3, 0.4) is 0 Å². The number of nitrogens with one attached hydrogen (secondary N) is 1. The molecule has 0 unspecified atom stereocenters. The number of nitrogens with zero attached hydrogens (tertiary/aromatic N) is 3. The van der Waals surface area contributed by atoms with E-state index in [-0.39, 0.29) is 0 Å². The van der Waals surface area contributed by atoms with Crippen molar-refractivity contribution in [3.8, 4) is 0 Å². The number of hydrogen-bond donors (Lipinski definition) is 1. The van der Waals surface area contributed by atoms with E-state index in [9.17, 15) is 13.2 Å². The molecule has 1 fully saturated rings. The smallest absolute Gasteiger partial charge is 0.340 e. The number of likely N-dealkylation sites (N-methyl/N-ethyl adjacent to an activating group) is 1. The van der Waals surface area contributed by atoms with Gasteiger partial charge in [0.25, 0.3) is 0 Å². The fourth-order valence-corrected chi connectivity index (χ4v) is 3.26. The van der Waals surface area contributed by atoms with Crippen LogP contribution in [0.1, 0.15) is 11.1 Å². The Hall–Kier alpha value is -1.64. The maximum absolute atomic E-state index is 13.6. The molecule has 140 valence electrons. The molecule has 1 aliphatic rings. The Kier molecular flexibility index (Phi) is 5.84. The minimum absolute atomic E-state index is 0.301. The minimum Gasteiger partial charge on any atom is -0.340 e. The normalized spacial score (nSPS) is 16.7. The zero-order chi connectivity index (χ0) is 18.7. The van der Waals surface area contributed by atoms with E-state index in [2.05, 4.69) is 36.0 Å². The van der Waals surface area contributed by atoms with Crippen molar-refractivity contribution < 1.29 is 13.2 Å². The number of aromatic nitrogens is 1. The van der Waals surface area contributed by atoms with Crippen molar-refractivity contribution in [2.24, 2.45) is 0 Å². The molecule has 0 atom stereocenters. The van der Waals surface area contributed by atoms with Crippen LogP contribution < -0.4 is 5.32 Å². The van der Waals surface area contributed by atoms with Crippen LogP contribution in [0.5, 0.6) is 0 Å². The molecule has 1 saturated heterocycles. The van der Waals surface area contributed by atoms with Crippen LogP contribution in [0.4, 0.5) is 24.7 Å². The Bertz CT molecular complexity index is 758. The Morgan fingerprint density at radius 1 is 1.12 bits per heavy atom. The molecule has 0 aliphatic carbocycles. The first-order valence-electron chi connectivity index (χ1n) is 8.31. The van der Waals surface area contributed by atoms with Gasteiger partial charge in [-0.3, -0.25) is 4.90 Å². The van der Waals surface area contributed by atoms with E-state index in [4.69, 9.17) is 0 Å². The van der Waals surface area contributed by atoms with Gasteiger partial charge in [0.05, 0.1) is 5.56 Å². The fraction of sp³-hybridized carbons (Fsp3) is 0.389. The Balaban J connectivity index is 1.81. The highest BCUT2D eigenvalue weighted by Crippen LogP contribution is 2.35. The lowest BCUT2D eigenvalue weighted by molar-refractivity contribution is -0.138. The lowest BCUT2D eigenvalue weighted by Gasteiger charge is -2.33. The van der Waals surface area contributed by atoms with Crippen LogP contribution in [0.15, 0.2) is 41.0 Å². The molecule has 2 heterocycles. The van der Waals surface area contributed by atoms with Crippen LogP contribution in [0.2, 0.25) is 0 Å². The van der Waals surface area contributed by atoms with Gasteiger partial charge in [-0.15, -0.1) is 0 Å². The van der Waals surface area contributed by atoms with Gasteiger partial charge < -0.3 is 10.2 Å². The fourth-order valence-electron chi connectivity index (χ4n) is 2.92. The topological polar surface area (TPSA) is 31.4 Å². The highest BCUT2D eigenvalue weighted by Gasteiger charge is 2.34. The second kappa shape index (κ2) is 7.94. The Morgan fingerprint density at radius 3 is 2.50 bits per heavy atom. The number of alkyl halides is 3. The summed E-state index contributed by atoms with van der Waals surface area (Å²) in [6.45, 7) is 3.59. The zero-order valence-electron chi connectivity index (χ0n) is 14.4. The number of benzene rings is 1. The summed E-state index contributed by atoms with van der Waals surface area (Å²) in [5.41, 5.74) is 0.0660. The number of hydrogen-bond acceptors (Lipinski definition) is 4. The van der Waals surface area contributed by atoms with Gasteiger partial charge in [-0.25, -0.2) is 4.98 Å². The van der Waals surface area contributed by atoms with Crippen LogP contribution in [0.25, 0.3) is 0 Å². The summed E-state index contributed by atoms with van der Waals surface area (Å²) in [6, 6.07) is 7.86. The molecule has 3 rings (SSSR count). The summed E-state index contributed by atoms with van der Waals surface area (Å²) in [6.07, 6.45) is -2.82. The SMILES string of the molecule is CN1CCN(Cc2ccc(Nc3cc(Br)ccn3)cc2C(F)(F)F)CC1. The minimum atomic E-state index is -4.40. The quantitative estimate of drug-likeness (QED) is 0.783. The van der Waals surface area contributed by atoms with Crippen molar-refractivity contribution in [2.45, 2.75) is 12.7 Å².